The molecule has 0 N–H and O–H groups in total. The van der Waals surface area contributed by atoms with E-state index >= 15 is 0 Å². The summed E-state index contributed by atoms with van der Waals surface area (Å²) in [5.74, 6) is 2.48. The van der Waals surface area contributed by atoms with Gasteiger partial charge in [-0.05, 0) is 82.2 Å². The molecule has 2 aliphatic rings. The third kappa shape index (κ3) is 9.94. The fourth-order valence-electron chi connectivity index (χ4n) is 9.31. The number of hydrogen-bond donors (Lipinski definition) is 0. The number of rotatable bonds is 9. The Bertz CT molecular complexity index is 2510. The molecule has 3 nitrogen and oxygen atoms in total. The topological polar surface area (TPSA) is 38.9 Å². The largest absolute Gasteiger partial charge is 0.501 e. The predicted octanol–water partition coefficient (Wildman–Crippen LogP) is 14.9. The number of aromatic nitrogens is 2. The fourth-order valence-corrected chi connectivity index (χ4v) is 10.9. The number of fused-ring (bicyclic) bond motifs is 3. The molecule has 2 aliphatic carbocycles. The Hall–Kier alpha value is -4.22. The first-order valence-corrected chi connectivity index (χ1v) is 25.6. The molecule has 0 aliphatic heterocycles. The van der Waals surface area contributed by atoms with Gasteiger partial charge < -0.3 is 14.4 Å². The van der Waals surface area contributed by atoms with Crippen LogP contribution < -0.4 is 5.19 Å². The Balaban J connectivity index is 0.000000182. The van der Waals surface area contributed by atoms with Crippen molar-refractivity contribution in [2.75, 3.05) is 0 Å². The average Bonchev–Trinajstić information content (AvgIpc) is 3.91. The van der Waals surface area contributed by atoms with Crippen molar-refractivity contribution in [3.63, 3.8) is 0 Å². The Kier molecular flexibility index (Phi) is 14.0. The summed E-state index contributed by atoms with van der Waals surface area (Å²) in [7, 11) is -1.41. The van der Waals surface area contributed by atoms with Crippen molar-refractivity contribution in [1.29, 1.82) is 0 Å². The van der Waals surface area contributed by atoms with E-state index in [1.54, 1.807) is 12.1 Å². The minimum absolute atomic E-state index is 0. The summed E-state index contributed by atoms with van der Waals surface area (Å²) >= 11 is 0. The molecule has 0 amide bonds. The molecule has 2 fully saturated rings. The van der Waals surface area contributed by atoms with Gasteiger partial charge in [0.2, 0.25) is 0 Å². The number of benzene rings is 4. The second-order valence-corrected chi connectivity index (χ2v) is 23.7. The van der Waals surface area contributed by atoms with Gasteiger partial charge in [0, 0.05) is 37.9 Å². The maximum atomic E-state index is 13.3. The average molecular weight is 991 g/mol. The molecular weight excluding hydrogens is 932 g/mol. The summed E-state index contributed by atoms with van der Waals surface area (Å²) < 4.78 is 19.6. The first-order chi connectivity index (χ1) is 28.5. The van der Waals surface area contributed by atoms with Gasteiger partial charge in [-0.25, -0.2) is 4.39 Å². The van der Waals surface area contributed by atoms with Crippen LogP contribution in [0.2, 0.25) is 19.6 Å². The molecule has 9 rings (SSSR count). The van der Waals surface area contributed by atoms with Crippen molar-refractivity contribution in [1.82, 2.24) is 9.97 Å². The molecule has 1 unspecified atom stereocenters. The van der Waals surface area contributed by atoms with Crippen molar-refractivity contribution in [3.05, 3.63) is 138 Å². The molecule has 2 saturated carbocycles. The summed E-state index contributed by atoms with van der Waals surface area (Å²) in [6, 6.07) is 37.1. The van der Waals surface area contributed by atoms with E-state index in [4.69, 9.17) is 9.40 Å². The predicted molar refractivity (Wildman–Crippen MR) is 247 cm³/mol. The molecular formula is C54H59FIrN2OSi-2. The maximum absolute atomic E-state index is 13.3. The van der Waals surface area contributed by atoms with Gasteiger partial charge in [-0.1, -0.05) is 157 Å². The Morgan fingerprint density at radius 1 is 0.750 bits per heavy atom. The van der Waals surface area contributed by atoms with Crippen LogP contribution in [0.15, 0.2) is 108 Å². The summed E-state index contributed by atoms with van der Waals surface area (Å²) in [4.78, 5) is 9.51. The van der Waals surface area contributed by atoms with Crippen LogP contribution in [0.1, 0.15) is 107 Å². The van der Waals surface area contributed by atoms with Crippen LogP contribution >= 0.6 is 0 Å². The molecule has 0 saturated heterocycles. The third-order valence-corrected chi connectivity index (χ3v) is 15.1. The van der Waals surface area contributed by atoms with Gasteiger partial charge in [-0.2, -0.15) is 0 Å². The van der Waals surface area contributed by atoms with Crippen LogP contribution in [0.25, 0.3) is 55.6 Å². The SMILES string of the molecule is CC(C)C(C)c1cc(-c2[c-]cc(C3CCCCC3)cc2)ncc1[Si](C)(C)C.Fc1ccc(-c2ccc3oc4c(-c5cc(CC6CCCC6)ccn5)[c-]ccc4c3c2)cc1.[Ir]. The Morgan fingerprint density at radius 2 is 1.48 bits per heavy atom. The quantitative estimate of drug-likeness (QED) is 0.107. The fraction of sp³-hybridized carbons (Fsp3) is 0.370. The van der Waals surface area contributed by atoms with E-state index in [1.807, 2.05) is 30.5 Å². The van der Waals surface area contributed by atoms with E-state index in [-0.39, 0.29) is 25.9 Å². The van der Waals surface area contributed by atoms with Crippen molar-refractivity contribution in [2.24, 2.45) is 11.8 Å². The summed E-state index contributed by atoms with van der Waals surface area (Å²) in [6.45, 7) is 14.3. The monoisotopic (exact) mass is 991 g/mol. The van der Waals surface area contributed by atoms with E-state index in [2.05, 4.69) is 106 Å². The Morgan fingerprint density at radius 3 is 2.18 bits per heavy atom. The van der Waals surface area contributed by atoms with E-state index in [1.165, 1.54) is 91.8 Å². The number of furan rings is 1. The zero-order chi connectivity index (χ0) is 41.1. The first-order valence-electron chi connectivity index (χ1n) is 22.1. The van der Waals surface area contributed by atoms with E-state index in [9.17, 15) is 4.39 Å². The van der Waals surface area contributed by atoms with Crippen molar-refractivity contribution in [3.8, 4) is 33.6 Å². The van der Waals surface area contributed by atoms with Crippen LogP contribution in [0.5, 0.6) is 0 Å². The van der Waals surface area contributed by atoms with Gasteiger partial charge >= 0.3 is 0 Å². The molecule has 3 heterocycles. The summed E-state index contributed by atoms with van der Waals surface area (Å²) in [6.07, 6.45) is 17.4. The zero-order valence-corrected chi connectivity index (χ0v) is 39.6. The molecule has 313 valence electrons. The first kappa shape index (κ1) is 43.9. The van der Waals surface area contributed by atoms with Gasteiger partial charge in [0.1, 0.15) is 11.4 Å². The van der Waals surface area contributed by atoms with Gasteiger partial charge in [0.05, 0.1) is 13.7 Å². The van der Waals surface area contributed by atoms with E-state index in [0.717, 1.165) is 73.8 Å². The van der Waals surface area contributed by atoms with Crippen molar-refractivity contribution < 1.29 is 28.9 Å². The number of nitrogens with zero attached hydrogens (tertiary/aromatic N) is 2. The van der Waals surface area contributed by atoms with Gasteiger partial charge in [0.25, 0.3) is 0 Å². The van der Waals surface area contributed by atoms with Crippen LogP contribution in [-0.2, 0) is 26.5 Å². The second-order valence-electron chi connectivity index (χ2n) is 18.6. The van der Waals surface area contributed by atoms with Crippen molar-refractivity contribution in [2.45, 2.75) is 116 Å². The molecule has 1 radical (unpaired) electrons. The van der Waals surface area contributed by atoms with Gasteiger partial charge in [-0.3, -0.25) is 0 Å². The maximum Gasteiger partial charge on any atom is 0.123 e. The van der Waals surface area contributed by atoms with E-state index < -0.39 is 8.07 Å². The smallest absolute Gasteiger partial charge is 0.123 e. The molecule has 1 atom stereocenters. The van der Waals surface area contributed by atoms with Crippen LogP contribution in [0.4, 0.5) is 4.39 Å². The van der Waals surface area contributed by atoms with Gasteiger partial charge in [-0.15, -0.1) is 53.6 Å². The second kappa shape index (κ2) is 19.2. The zero-order valence-electron chi connectivity index (χ0n) is 36.2. The number of hydrogen-bond acceptors (Lipinski definition) is 3. The van der Waals surface area contributed by atoms with Crippen LogP contribution in [0, 0.1) is 29.8 Å². The summed E-state index contributed by atoms with van der Waals surface area (Å²) in [5, 5.41) is 3.59. The van der Waals surface area contributed by atoms with Gasteiger partial charge in [0.15, 0.2) is 0 Å². The molecule has 60 heavy (non-hydrogen) atoms. The molecule has 6 heteroatoms. The summed E-state index contributed by atoms with van der Waals surface area (Å²) in [5.41, 5.74) is 12.0. The number of halogens is 1. The van der Waals surface area contributed by atoms with Crippen LogP contribution in [-0.4, -0.2) is 18.0 Å². The van der Waals surface area contributed by atoms with Crippen LogP contribution in [0.3, 0.4) is 0 Å². The molecule has 0 bridgehead atoms. The molecule has 0 spiro atoms. The van der Waals surface area contributed by atoms with E-state index in [0.29, 0.717) is 11.8 Å². The Labute approximate surface area is 372 Å². The molecule has 7 aromatic rings. The minimum atomic E-state index is -1.41. The van der Waals surface area contributed by atoms with Crippen molar-refractivity contribution >= 4 is 35.2 Å². The molecule has 4 aromatic carbocycles. The number of pyridine rings is 2. The standard InChI is InChI=1S/C29H23FNO.C25H36NSi.Ir/c30-23-11-8-21(9-12-23)22-10-13-28-26(18-22)24-6-3-7-25(29(24)32-28)27-17-20(14-15-31-27)16-19-4-1-2-5-19;1-18(2)19(3)23-16-24(26-17-25(23)27(4,5)6)22-14-12-21(13-15-22)20-10-8-7-9-11-20;/h3,6,8-15,17-19H,1-2,4-5,16H2;12-14,16-20H,7-11H2,1-6H3;/q2*-1;. The third-order valence-electron chi connectivity index (χ3n) is 13.1. The minimum Gasteiger partial charge on any atom is -0.501 e. The normalized spacial score (nSPS) is 15.5. The molecule has 3 aromatic heterocycles.